The second kappa shape index (κ2) is 6.87. The van der Waals surface area contributed by atoms with Crippen molar-refractivity contribution in [3.63, 3.8) is 0 Å². The molecule has 0 N–H and O–H groups in total. The van der Waals surface area contributed by atoms with E-state index in [4.69, 9.17) is 0 Å². The molecule has 4 fully saturated rings. The highest BCUT2D eigenvalue weighted by Crippen LogP contribution is 2.66. The van der Waals surface area contributed by atoms with Gasteiger partial charge in [-0.15, -0.1) is 0 Å². The van der Waals surface area contributed by atoms with Gasteiger partial charge < -0.3 is 4.90 Å². The van der Waals surface area contributed by atoms with Crippen molar-refractivity contribution in [3.8, 4) is 0 Å². The summed E-state index contributed by atoms with van der Waals surface area (Å²) < 4.78 is 0. The van der Waals surface area contributed by atoms with E-state index in [1.807, 2.05) is 6.20 Å². The van der Waals surface area contributed by atoms with Gasteiger partial charge in [-0.25, -0.2) is 0 Å². The molecule has 0 unspecified atom stereocenters. The molecule has 8 atom stereocenters. The first-order valence-electron chi connectivity index (χ1n) is 11.6. The molecule has 0 amide bonds. The van der Waals surface area contributed by atoms with Gasteiger partial charge in [-0.05, 0) is 124 Å². The molecule has 2 nitrogen and oxygen atoms in total. The second-order valence-electron chi connectivity index (χ2n) is 10.8. The van der Waals surface area contributed by atoms with E-state index < -0.39 is 0 Å². The van der Waals surface area contributed by atoms with E-state index in [2.05, 4.69) is 49.2 Å². The van der Waals surface area contributed by atoms with Crippen LogP contribution in [0.5, 0.6) is 0 Å². The molecule has 5 rings (SSSR count). The molecular formula is C25H38N2. The summed E-state index contributed by atoms with van der Waals surface area (Å²) in [6, 6.07) is 5.33. The molecule has 1 aromatic rings. The van der Waals surface area contributed by atoms with Crippen molar-refractivity contribution < 1.29 is 0 Å². The van der Waals surface area contributed by atoms with Crippen LogP contribution in [-0.2, 0) is 0 Å². The van der Waals surface area contributed by atoms with E-state index in [1.54, 1.807) is 0 Å². The minimum absolute atomic E-state index is 0.526. The van der Waals surface area contributed by atoms with Gasteiger partial charge in [0.1, 0.15) is 0 Å². The van der Waals surface area contributed by atoms with Gasteiger partial charge in [0.15, 0.2) is 0 Å². The summed E-state index contributed by atoms with van der Waals surface area (Å²) in [7, 11) is 4.58. The van der Waals surface area contributed by atoms with E-state index in [0.717, 1.165) is 41.5 Å². The molecule has 0 saturated heterocycles. The number of fused-ring (bicyclic) bond motifs is 5. The lowest BCUT2D eigenvalue weighted by Gasteiger charge is -2.56. The highest BCUT2D eigenvalue weighted by Gasteiger charge is 2.57. The second-order valence-corrected chi connectivity index (χ2v) is 10.8. The van der Waals surface area contributed by atoms with Gasteiger partial charge in [-0.1, -0.05) is 13.0 Å². The van der Waals surface area contributed by atoms with Crippen LogP contribution in [0.25, 0.3) is 0 Å². The van der Waals surface area contributed by atoms with Crippen molar-refractivity contribution in [1.29, 1.82) is 0 Å². The lowest BCUT2D eigenvalue weighted by atomic mass is 9.49. The summed E-state index contributed by atoms with van der Waals surface area (Å²) in [6.07, 6.45) is 17.4. The lowest BCUT2D eigenvalue weighted by molar-refractivity contribution is -0.0624. The van der Waals surface area contributed by atoms with E-state index in [1.165, 1.54) is 63.4 Å². The van der Waals surface area contributed by atoms with E-state index in [0.29, 0.717) is 5.41 Å². The fraction of sp³-hybridized carbons (Fsp3) is 0.800. The van der Waals surface area contributed by atoms with E-state index in [9.17, 15) is 0 Å². The average Bonchev–Trinajstić information content (AvgIpc) is 3.05. The third kappa shape index (κ3) is 2.89. The lowest BCUT2D eigenvalue weighted by Crippen LogP contribution is -2.49. The molecule has 148 valence electrons. The van der Waals surface area contributed by atoms with E-state index in [-0.39, 0.29) is 0 Å². The van der Waals surface area contributed by atoms with Crippen LogP contribution in [0, 0.1) is 35.0 Å². The Bertz CT molecular complexity index is 656. The van der Waals surface area contributed by atoms with Crippen molar-refractivity contribution in [1.82, 2.24) is 9.88 Å². The molecule has 27 heavy (non-hydrogen) atoms. The van der Waals surface area contributed by atoms with Gasteiger partial charge in [0.05, 0.1) is 0 Å². The highest BCUT2D eigenvalue weighted by atomic mass is 15.1. The molecule has 0 spiro atoms. The normalized spacial score (nSPS) is 46.6. The maximum atomic E-state index is 4.45. The molecule has 4 aliphatic rings. The Hall–Kier alpha value is -0.890. The molecule has 1 heterocycles. The van der Waals surface area contributed by atoms with Gasteiger partial charge in [0.2, 0.25) is 0 Å². The fourth-order valence-corrected chi connectivity index (χ4v) is 8.43. The molecule has 0 radical (unpaired) electrons. The van der Waals surface area contributed by atoms with Gasteiger partial charge in [0, 0.05) is 18.4 Å². The van der Waals surface area contributed by atoms with Gasteiger partial charge in [-0.3, -0.25) is 4.98 Å². The molecule has 0 aliphatic heterocycles. The number of aromatic nitrogens is 1. The number of rotatable bonds is 2. The Morgan fingerprint density at radius 3 is 2.59 bits per heavy atom. The molecular weight excluding hydrogens is 328 g/mol. The minimum Gasteiger partial charge on any atom is -0.306 e. The monoisotopic (exact) mass is 366 g/mol. The minimum atomic E-state index is 0.526. The smallest absolute Gasteiger partial charge is 0.0302 e. The van der Waals surface area contributed by atoms with Crippen LogP contribution in [0.15, 0.2) is 24.5 Å². The first-order chi connectivity index (χ1) is 13.1. The third-order valence-electron chi connectivity index (χ3n) is 9.74. The van der Waals surface area contributed by atoms with Gasteiger partial charge >= 0.3 is 0 Å². The van der Waals surface area contributed by atoms with Crippen molar-refractivity contribution >= 4 is 0 Å². The first kappa shape index (κ1) is 18.2. The summed E-state index contributed by atoms with van der Waals surface area (Å²) in [5, 5.41) is 0. The molecule has 0 aromatic carbocycles. The van der Waals surface area contributed by atoms with Crippen molar-refractivity contribution in [2.24, 2.45) is 35.0 Å². The predicted octanol–water partition coefficient (Wildman–Crippen LogP) is 5.75. The zero-order valence-corrected chi connectivity index (χ0v) is 17.6. The summed E-state index contributed by atoms with van der Waals surface area (Å²) >= 11 is 0. The summed E-state index contributed by atoms with van der Waals surface area (Å²) in [5.74, 6) is 5.84. The maximum absolute atomic E-state index is 4.45. The van der Waals surface area contributed by atoms with Crippen LogP contribution in [-0.4, -0.2) is 30.0 Å². The average molecular weight is 367 g/mol. The Balaban J connectivity index is 1.35. The summed E-state index contributed by atoms with van der Waals surface area (Å²) in [5.41, 5.74) is 2.04. The van der Waals surface area contributed by atoms with Gasteiger partial charge in [0.25, 0.3) is 0 Å². The molecule has 4 aliphatic carbocycles. The quantitative estimate of drug-likeness (QED) is 0.662. The standard InChI is InChI=1S/C25H38N2/c1-25-13-12-21-20-9-7-19(27(2)3)15-17(20)6-8-22(21)24(25)11-10-23(25)18-5-4-14-26-16-18/h4-5,14,16-17,19-24H,6-13,15H2,1-3H3/t17-,19-,20-,21+,22+,23+,24-,25+/m0/s1. The Labute approximate surface area is 166 Å². The SMILES string of the molecule is CN(C)[C@H]1CC[C@H]2[C@@H](CC[C@@H]3[C@@H]2CC[C@]2(C)[C@@H](c4cccnc4)CC[C@@H]32)C1. The number of nitrogens with zero attached hydrogens (tertiary/aromatic N) is 2. The van der Waals surface area contributed by atoms with E-state index >= 15 is 0 Å². The van der Waals surface area contributed by atoms with Gasteiger partial charge in [-0.2, -0.15) is 0 Å². The largest absolute Gasteiger partial charge is 0.306 e. The van der Waals surface area contributed by atoms with Crippen LogP contribution >= 0.6 is 0 Å². The Morgan fingerprint density at radius 2 is 1.81 bits per heavy atom. The van der Waals surface area contributed by atoms with Crippen molar-refractivity contribution in [2.45, 2.75) is 76.7 Å². The molecule has 2 heteroatoms. The number of hydrogen-bond acceptors (Lipinski definition) is 2. The van der Waals surface area contributed by atoms with Crippen LogP contribution in [0.1, 0.15) is 76.2 Å². The summed E-state index contributed by atoms with van der Waals surface area (Å²) in [4.78, 5) is 6.95. The van der Waals surface area contributed by atoms with Crippen molar-refractivity contribution in [3.05, 3.63) is 30.1 Å². The Morgan fingerprint density at radius 1 is 0.963 bits per heavy atom. The van der Waals surface area contributed by atoms with Crippen LogP contribution in [0.2, 0.25) is 0 Å². The fourth-order valence-electron chi connectivity index (χ4n) is 8.43. The predicted molar refractivity (Wildman–Crippen MR) is 112 cm³/mol. The topological polar surface area (TPSA) is 16.1 Å². The highest BCUT2D eigenvalue weighted by molar-refractivity contribution is 5.22. The number of hydrogen-bond donors (Lipinski definition) is 0. The molecule has 0 bridgehead atoms. The maximum Gasteiger partial charge on any atom is 0.0302 e. The third-order valence-corrected chi connectivity index (χ3v) is 9.74. The first-order valence-corrected chi connectivity index (χ1v) is 11.6. The molecule has 4 saturated carbocycles. The van der Waals surface area contributed by atoms with Crippen molar-refractivity contribution in [2.75, 3.05) is 14.1 Å². The summed E-state index contributed by atoms with van der Waals surface area (Å²) in [6.45, 7) is 2.65. The van der Waals surface area contributed by atoms with Crippen LogP contribution in [0.4, 0.5) is 0 Å². The zero-order valence-electron chi connectivity index (χ0n) is 17.6. The molecule has 1 aromatic heterocycles. The zero-order chi connectivity index (χ0) is 18.6. The Kier molecular flexibility index (Phi) is 4.62. The number of pyridine rings is 1. The van der Waals surface area contributed by atoms with Crippen LogP contribution in [0.3, 0.4) is 0 Å². The van der Waals surface area contributed by atoms with Crippen LogP contribution < -0.4 is 0 Å².